The SMILES string of the molecule is CCOc1ncccc1CNC(=O)[C@@](C)(c1ccccc1)N(C)C. The van der Waals surface area contributed by atoms with Crippen LogP contribution in [-0.4, -0.2) is 36.5 Å². The van der Waals surface area contributed by atoms with Gasteiger partial charge in [0.25, 0.3) is 0 Å². The Balaban J connectivity index is 2.18. The lowest BCUT2D eigenvalue weighted by Gasteiger charge is -2.35. The molecule has 2 aromatic rings. The van der Waals surface area contributed by atoms with Crippen molar-refractivity contribution in [3.8, 4) is 5.88 Å². The summed E-state index contributed by atoms with van der Waals surface area (Å²) < 4.78 is 5.51. The summed E-state index contributed by atoms with van der Waals surface area (Å²) in [6, 6.07) is 13.5. The molecule has 5 heteroatoms. The van der Waals surface area contributed by atoms with Gasteiger partial charge in [-0.15, -0.1) is 0 Å². The van der Waals surface area contributed by atoms with E-state index in [0.717, 1.165) is 11.1 Å². The van der Waals surface area contributed by atoms with E-state index in [1.54, 1.807) is 6.20 Å². The van der Waals surface area contributed by atoms with Crippen LogP contribution in [0, 0.1) is 0 Å². The van der Waals surface area contributed by atoms with Crippen LogP contribution >= 0.6 is 0 Å². The van der Waals surface area contributed by atoms with Crippen molar-refractivity contribution >= 4 is 5.91 Å². The molecule has 0 fully saturated rings. The van der Waals surface area contributed by atoms with Gasteiger partial charge in [0.05, 0.1) is 6.61 Å². The maximum absolute atomic E-state index is 12.9. The van der Waals surface area contributed by atoms with Crippen molar-refractivity contribution in [1.29, 1.82) is 0 Å². The van der Waals surface area contributed by atoms with E-state index >= 15 is 0 Å². The van der Waals surface area contributed by atoms with Gasteiger partial charge in [0.2, 0.25) is 11.8 Å². The molecule has 2 rings (SSSR count). The first-order chi connectivity index (χ1) is 11.5. The van der Waals surface area contributed by atoms with Crippen molar-refractivity contribution in [3.05, 3.63) is 59.8 Å². The van der Waals surface area contributed by atoms with Crippen LogP contribution in [0.2, 0.25) is 0 Å². The minimum atomic E-state index is -0.755. The highest BCUT2D eigenvalue weighted by atomic mass is 16.5. The summed E-state index contributed by atoms with van der Waals surface area (Å²) in [4.78, 5) is 19.1. The molecular weight excluding hydrogens is 302 g/mol. The second-order valence-corrected chi connectivity index (χ2v) is 5.92. The number of pyridine rings is 1. The van der Waals surface area contributed by atoms with Crippen LogP contribution in [0.15, 0.2) is 48.7 Å². The largest absolute Gasteiger partial charge is 0.478 e. The fourth-order valence-corrected chi connectivity index (χ4v) is 2.53. The van der Waals surface area contributed by atoms with Crippen LogP contribution in [-0.2, 0) is 16.9 Å². The highest BCUT2D eigenvalue weighted by Crippen LogP contribution is 2.26. The molecule has 24 heavy (non-hydrogen) atoms. The maximum atomic E-state index is 12.9. The van der Waals surface area contributed by atoms with Crippen molar-refractivity contribution in [2.45, 2.75) is 25.9 Å². The van der Waals surface area contributed by atoms with Crippen LogP contribution < -0.4 is 10.1 Å². The lowest BCUT2D eigenvalue weighted by atomic mass is 9.89. The molecule has 0 spiro atoms. The first-order valence-corrected chi connectivity index (χ1v) is 8.08. The van der Waals surface area contributed by atoms with E-state index < -0.39 is 5.54 Å². The Kier molecular flexibility index (Phi) is 5.93. The zero-order valence-electron chi connectivity index (χ0n) is 14.7. The predicted molar refractivity (Wildman–Crippen MR) is 94.7 cm³/mol. The van der Waals surface area contributed by atoms with Gasteiger partial charge in [-0.3, -0.25) is 9.69 Å². The number of likely N-dealkylation sites (N-methyl/N-ethyl adjacent to an activating group) is 1. The molecule has 1 atom stereocenters. The number of carbonyl (C=O) groups is 1. The molecule has 5 nitrogen and oxygen atoms in total. The van der Waals surface area contributed by atoms with Crippen molar-refractivity contribution in [3.63, 3.8) is 0 Å². The second-order valence-electron chi connectivity index (χ2n) is 5.92. The summed E-state index contributed by atoms with van der Waals surface area (Å²) in [6.45, 7) is 4.75. The molecule has 0 saturated carbocycles. The number of nitrogens with zero attached hydrogens (tertiary/aromatic N) is 2. The van der Waals surface area contributed by atoms with Crippen LogP contribution in [0.1, 0.15) is 25.0 Å². The number of rotatable bonds is 7. The number of ether oxygens (including phenoxy) is 1. The molecule has 128 valence electrons. The number of carbonyl (C=O) groups excluding carboxylic acids is 1. The van der Waals surface area contributed by atoms with Gasteiger partial charge in [0, 0.05) is 18.3 Å². The van der Waals surface area contributed by atoms with Crippen molar-refractivity contribution in [2.24, 2.45) is 0 Å². The Morgan fingerprint density at radius 2 is 1.92 bits per heavy atom. The van der Waals surface area contributed by atoms with Gasteiger partial charge in [-0.2, -0.15) is 0 Å². The molecule has 0 saturated heterocycles. The second kappa shape index (κ2) is 7.93. The van der Waals surface area contributed by atoms with Crippen molar-refractivity contribution < 1.29 is 9.53 Å². The Hall–Kier alpha value is -2.40. The van der Waals surface area contributed by atoms with E-state index in [2.05, 4.69) is 10.3 Å². The molecule has 1 aromatic heterocycles. The fraction of sp³-hybridized carbons (Fsp3) is 0.368. The number of benzene rings is 1. The van der Waals surface area contributed by atoms with Gasteiger partial charge >= 0.3 is 0 Å². The Morgan fingerprint density at radius 1 is 1.21 bits per heavy atom. The molecule has 0 aliphatic rings. The van der Waals surface area contributed by atoms with E-state index in [0.29, 0.717) is 19.0 Å². The van der Waals surface area contributed by atoms with Gasteiger partial charge < -0.3 is 10.1 Å². The zero-order chi connectivity index (χ0) is 17.6. The van der Waals surface area contributed by atoms with Crippen LogP contribution in [0.5, 0.6) is 5.88 Å². The summed E-state index contributed by atoms with van der Waals surface area (Å²) in [7, 11) is 3.81. The molecule has 1 aromatic carbocycles. The number of hydrogen-bond acceptors (Lipinski definition) is 4. The number of amides is 1. The Labute approximate surface area is 143 Å². The van der Waals surface area contributed by atoms with Crippen molar-refractivity contribution in [2.75, 3.05) is 20.7 Å². The highest BCUT2D eigenvalue weighted by Gasteiger charge is 2.37. The van der Waals surface area contributed by atoms with Crippen LogP contribution in [0.3, 0.4) is 0 Å². The average Bonchev–Trinajstić information content (AvgIpc) is 2.60. The third-order valence-electron chi connectivity index (χ3n) is 4.24. The van der Waals surface area contributed by atoms with E-state index in [4.69, 9.17) is 4.74 Å². The molecule has 0 unspecified atom stereocenters. The van der Waals surface area contributed by atoms with Gasteiger partial charge in [-0.25, -0.2) is 4.98 Å². The fourth-order valence-electron chi connectivity index (χ4n) is 2.53. The van der Waals surface area contributed by atoms with E-state index in [-0.39, 0.29) is 5.91 Å². The molecule has 0 bridgehead atoms. The third-order valence-corrected chi connectivity index (χ3v) is 4.24. The molecule has 1 amide bonds. The Morgan fingerprint density at radius 3 is 2.54 bits per heavy atom. The third kappa shape index (κ3) is 3.74. The van der Waals surface area contributed by atoms with E-state index in [1.807, 2.05) is 75.3 Å². The van der Waals surface area contributed by atoms with Gasteiger partial charge in [0.1, 0.15) is 5.54 Å². The topological polar surface area (TPSA) is 54.5 Å². The normalized spacial score (nSPS) is 13.4. The zero-order valence-corrected chi connectivity index (χ0v) is 14.7. The first-order valence-electron chi connectivity index (χ1n) is 8.08. The average molecular weight is 327 g/mol. The van der Waals surface area contributed by atoms with E-state index in [1.165, 1.54) is 0 Å². The Bertz CT molecular complexity index is 673. The van der Waals surface area contributed by atoms with E-state index in [9.17, 15) is 4.79 Å². The van der Waals surface area contributed by atoms with Gasteiger partial charge in [0.15, 0.2) is 0 Å². The lowest BCUT2D eigenvalue weighted by molar-refractivity contribution is -0.131. The minimum Gasteiger partial charge on any atom is -0.478 e. The summed E-state index contributed by atoms with van der Waals surface area (Å²) >= 11 is 0. The molecule has 0 aliphatic carbocycles. The molecule has 0 radical (unpaired) electrons. The molecule has 1 heterocycles. The predicted octanol–water partition coefficient (Wildman–Crippen LogP) is 2.57. The molecular formula is C19H25N3O2. The quantitative estimate of drug-likeness (QED) is 0.849. The van der Waals surface area contributed by atoms with Gasteiger partial charge in [-0.1, -0.05) is 36.4 Å². The summed E-state index contributed by atoms with van der Waals surface area (Å²) in [5.41, 5.74) is 1.06. The minimum absolute atomic E-state index is 0.0648. The van der Waals surface area contributed by atoms with Crippen molar-refractivity contribution in [1.82, 2.24) is 15.2 Å². The smallest absolute Gasteiger partial charge is 0.245 e. The first kappa shape index (κ1) is 17.9. The number of nitrogens with one attached hydrogen (secondary N) is 1. The highest BCUT2D eigenvalue weighted by molar-refractivity contribution is 5.87. The number of hydrogen-bond donors (Lipinski definition) is 1. The lowest BCUT2D eigenvalue weighted by Crippen LogP contribution is -2.51. The molecule has 1 N–H and O–H groups in total. The maximum Gasteiger partial charge on any atom is 0.245 e. The standard InChI is InChI=1S/C19H25N3O2/c1-5-24-17-15(10-9-13-20-17)14-21-18(23)19(2,22(3)4)16-11-7-6-8-12-16/h6-13H,5,14H2,1-4H3,(H,21,23)/t19-/m1/s1. The summed E-state index contributed by atoms with van der Waals surface area (Å²) in [5.74, 6) is 0.497. The van der Waals surface area contributed by atoms with Crippen LogP contribution in [0.4, 0.5) is 0 Å². The monoisotopic (exact) mass is 327 g/mol. The molecule has 0 aliphatic heterocycles. The number of aromatic nitrogens is 1. The summed E-state index contributed by atoms with van der Waals surface area (Å²) in [5, 5.41) is 3.02. The summed E-state index contributed by atoms with van der Waals surface area (Å²) in [6.07, 6.45) is 1.68. The van der Waals surface area contributed by atoms with Gasteiger partial charge in [-0.05, 0) is 39.6 Å². The van der Waals surface area contributed by atoms with Crippen LogP contribution in [0.25, 0.3) is 0 Å².